The molecule has 2 rings (SSSR count). The van der Waals surface area contributed by atoms with E-state index in [4.69, 9.17) is 5.73 Å². The van der Waals surface area contributed by atoms with Crippen LogP contribution in [-0.2, 0) is 6.42 Å². The molecule has 4 heteroatoms. The molecule has 0 aromatic heterocycles. The highest BCUT2D eigenvalue weighted by Gasteiger charge is 2.14. The zero-order valence-electron chi connectivity index (χ0n) is 10.2. The van der Waals surface area contributed by atoms with Gasteiger partial charge in [0.25, 0.3) is 0 Å². The molecule has 0 aliphatic heterocycles. The van der Waals surface area contributed by atoms with Crippen LogP contribution in [0.2, 0.25) is 0 Å². The van der Waals surface area contributed by atoms with Crippen molar-refractivity contribution in [3.05, 3.63) is 68.4 Å². The van der Waals surface area contributed by atoms with E-state index >= 15 is 0 Å². The Kier molecular flexibility index (Phi) is 5.13. The molecule has 0 aliphatic carbocycles. The maximum absolute atomic E-state index is 13.4. The predicted molar refractivity (Wildman–Crippen MR) is 83.7 cm³/mol. The fourth-order valence-electron chi connectivity index (χ4n) is 2.14. The molecule has 2 aromatic rings. The van der Waals surface area contributed by atoms with E-state index in [1.165, 1.54) is 6.07 Å². The highest BCUT2D eigenvalue weighted by Crippen LogP contribution is 2.28. The second-order valence-corrected chi connectivity index (χ2v) is 6.21. The predicted octanol–water partition coefficient (Wildman–Crippen LogP) is 4.64. The lowest BCUT2D eigenvalue weighted by atomic mass is 9.92. The van der Waals surface area contributed by atoms with Crippen LogP contribution in [0.3, 0.4) is 0 Å². The molecule has 0 spiro atoms. The minimum absolute atomic E-state index is 0.171. The molecule has 0 saturated carbocycles. The van der Waals surface area contributed by atoms with E-state index in [-0.39, 0.29) is 11.7 Å². The van der Waals surface area contributed by atoms with Crippen LogP contribution in [0.15, 0.2) is 51.4 Å². The lowest BCUT2D eigenvalue weighted by molar-refractivity contribution is 0.619. The van der Waals surface area contributed by atoms with Crippen molar-refractivity contribution in [2.75, 3.05) is 6.54 Å². The minimum atomic E-state index is -0.229. The summed E-state index contributed by atoms with van der Waals surface area (Å²) in [4.78, 5) is 0. The van der Waals surface area contributed by atoms with Crippen molar-refractivity contribution >= 4 is 31.9 Å². The van der Waals surface area contributed by atoms with E-state index in [0.29, 0.717) is 6.54 Å². The maximum Gasteiger partial charge on any atom is 0.124 e. The number of hydrogen-bond acceptors (Lipinski definition) is 1. The lowest BCUT2D eigenvalue weighted by Crippen LogP contribution is -2.15. The van der Waals surface area contributed by atoms with Crippen LogP contribution in [0.1, 0.15) is 17.0 Å². The minimum Gasteiger partial charge on any atom is -0.330 e. The third kappa shape index (κ3) is 3.88. The highest BCUT2D eigenvalue weighted by molar-refractivity contribution is 9.10. The first-order valence-electron chi connectivity index (χ1n) is 5.99. The zero-order valence-corrected chi connectivity index (χ0v) is 13.4. The van der Waals surface area contributed by atoms with Crippen LogP contribution in [-0.4, -0.2) is 6.54 Å². The van der Waals surface area contributed by atoms with E-state index in [0.717, 1.165) is 26.5 Å². The number of hydrogen-bond donors (Lipinski definition) is 1. The van der Waals surface area contributed by atoms with Crippen LogP contribution in [0, 0.1) is 5.82 Å². The molecule has 1 atom stereocenters. The Balaban J connectivity index is 2.26. The summed E-state index contributed by atoms with van der Waals surface area (Å²) in [6, 6.07) is 13.0. The van der Waals surface area contributed by atoms with Gasteiger partial charge < -0.3 is 5.73 Å². The quantitative estimate of drug-likeness (QED) is 0.813. The molecule has 100 valence electrons. The van der Waals surface area contributed by atoms with Crippen molar-refractivity contribution in [1.82, 2.24) is 0 Å². The van der Waals surface area contributed by atoms with Gasteiger partial charge in [0.2, 0.25) is 0 Å². The summed E-state index contributed by atoms with van der Waals surface area (Å²) in [5, 5.41) is 0. The van der Waals surface area contributed by atoms with Gasteiger partial charge in [-0.15, -0.1) is 0 Å². The molecule has 2 N–H and O–H groups in total. The molecule has 0 aliphatic rings. The fraction of sp³-hybridized carbons (Fsp3) is 0.200. The van der Waals surface area contributed by atoms with Crippen LogP contribution in [0.5, 0.6) is 0 Å². The fourth-order valence-corrected chi connectivity index (χ4v) is 3.26. The van der Waals surface area contributed by atoms with Gasteiger partial charge in [0, 0.05) is 14.9 Å². The first-order chi connectivity index (χ1) is 9.10. The normalized spacial score (nSPS) is 12.4. The molecule has 1 unspecified atom stereocenters. The summed E-state index contributed by atoms with van der Waals surface area (Å²) in [6.45, 7) is 0.525. The molecule has 0 radical (unpaired) electrons. The number of nitrogens with two attached hydrogens (primary N) is 1. The van der Waals surface area contributed by atoms with Crippen LogP contribution < -0.4 is 5.73 Å². The smallest absolute Gasteiger partial charge is 0.124 e. The van der Waals surface area contributed by atoms with Crippen molar-refractivity contribution in [3.8, 4) is 0 Å². The lowest BCUT2D eigenvalue weighted by Gasteiger charge is -2.17. The van der Waals surface area contributed by atoms with Crippen LogP contribution in [0.25, 0.3) is 0 Å². The number of rotatable bonds is 4. The highest BCUT2D eigenvalue weighted by atomic mass is 79.9. The Morgan fingerprint density at radius 3 is 2.47 bits per heavy atom. The Bertz CT molecular complexity index is 552. The van der Waals surface area contributed by atoms with E-state index in [1.807, 2.05) is 24.3 Å². The topological polar surface area (TPSA) is 26.0 Å². The largest absolute Gasteiger partial charge is 0.330 e. The summed E-state index contributed by atoms with van der Waals surface area (Å²) in [7, 11) is 0. The molecular formula is C15H14Br2FN. The van der Waals surface area contributed by atoms with Gasteiger partial charge in [-0.3, -0.25) is 0 Å². The summed E-state index contributed by atoms with van der Waals surface area (Å²) in [5.41, 5.74) is 7.97. The number of halogens is 3. The first kappa shape index (κ1) is 14.7. The van der Waals surface area contributed by atoms with Gasteiger partial charge in [0.05, 0.1) is 0 Å². The Morgan fingerprint density at radius 2 is 1.84 bits per heavy atom. The van der Waals surface area contributed by atoms with E-state index < -0.39 is 0 Å². The van der Waals surface area contributed by atoms with Gasteiger partial charge in [0.15, 0.2) is 0 Å². The Morgan fingerprint density at radius 1 is 1.11 bits per heavy atom. The van der Waals surface area contributed by atoms with E-state index in [1.54, 1.807) is 6.07 Å². The third-order valence-electron chi connectivity index (χ3n) is 3.03. The standard InChI is InChI=1S/C15H14Br2FN/c16-12-6-10(7-13(18)8-12)5-11(9-19)14-3-1-2-4-15(14)17/h1-4,6-8,11H,5,9,19H2. The van der Waals surface area contributed by atoms with Crippen molar-refractivity contribution in [2.24, 2.45) is 5.73 Å². The van der Waals surface area contributed by atoms with Crippen molar-refractivity contribution < 1.29 is 4.39 Å². The maximum atomic E-state index is 13.4. The van der Waals surface area contributed by atoms with E-state index in [9.17, 15) is 4.39 Å². The molecular weight excluding hydrogens is 373 g/mol. The van der Waals surface area contributed by atoms with Crippen molar-refractivity contribution in [1.29, 1.82) is 0 Å². The van der Waals surface area contributed by atoms with Crippen LogP contribution in [0.4, 0.5) is 4.39 Å². The monoisotopic (exact) mass is 385 g/mol. The molecule has 1 nitrogen and oxygen atoms in total. The second kappa shape index (κ2) is 6.64. The first-order valence-corrected chi connectivity index (χ1v) is 7.58. The van der Waals surface area contributed by atoms with Crippen molar-refractivity contribution in [3.63, 3.8) is 0 Å². The molecule has 0 amide bonds. The average molecular weight is 387 g/mol. The van der Waals surface area contributed by atoms with Gasteiger partial charge in [0.1, 0.15) is 5.82 Å². The molecule has 0 saturated heterocycles. The van der Waals surface area contributed by atoms with Gasteiger partial charge in [-0.25, -0.2) is 4.39 Å². The average Bonchev–Trinajstić information content (AvgIpc) is 2.36. The number of benzene rings is 2. The van der Waals surface area contributed by atoms with Crippen LogP contribution >= 0.6 is 31.9 Å². The summed E-state index contributed by atoms with van der Waals surface area (Å²) in [6.07, 6.45) is 0.718. The SMILES string of the molecule is NCC(Cc1cc(F)cc(Br)c1)c1ccccc1Br. The van der Waals surface area contributed by atoms with Gasteiger partial charge in [-0.05, 0) is 48.4 Å². The second-order valence-electron chi connectivity index (χ2n) is 4.44. The molecule has 0 heterocycles. The Hall–Kier alpha value is -0.710. The summed E-state index contributed by atoms with van der Waals surface area (Å²) < 4.78 is 15.2. The van der Waals surface area contributed by atoms with Gasteiger partial charge in [-0.1, -0.05) is 50.1 Å². The summed E-state index contributed by atoms with van der Waals surface area (Å²) in [5.74, 6) is -0.0588. The zero-order chi connectivity index (χ0) is 13.8. The van der Waals surface area contributed by atoms with Gasteiger partial charge >= 0.3 is 0 Å². The van der Waals surface area contributed by atoms with Gasteiger partial charge in [-0.2, -0.15) is 0 Å². The molecule has 0 bridgehead atoms. The molecule has 19 heavy (non-hydrogen) atoms. The molecule has 2 aromatic carbocycles. The van der Waals surface area contributed by atoms with Crippen molar-refractivity contribution in [2.45, 2.75) is 12.3 Å². The molecule has 0 fully saturated rings. The third-order valence-corrected chi connectivity index (χ3v) is 4.21. The van der Waals surface area contributed by atoms with E-state index in [2.05, 4.69) is 37.9 Å². The Labute approximate surface area is 129 Å². The summed E-state index contributed by atoms with van der Waals surface area (Å²) >= 11 is 6.86.